The lowest BCUT2D eigenvalue weighted by atomic mass is 9.93. The third kappa shape index (κ3) is 1.99. The fraction of sp³-hybridized carbons (Fsp3) is 0.364. The minimum atomic E-state index is -0.734. The van der Waals surface area contributed by atoms with E-state index >= 15 is 0 Å². The molecule has 0 heterocycles. The van der Waals surface area contributed by atoms with Gasteiger partial charge < -0.3 is 5.32 Å². The SMILES string of the molecule is CNC(C)(C)C(=O)c1ccccc1F. The molecule has 0 atom stereocenters. The molecule has 1 rings (SSSR count). The van der Waals surface area contributed by atoms with Gasteiger partial charge in [-0.05, 0) is 33.0 Å². The van der Waals surface area contributed by atoms with E-state index in [1.54, 1.807) is 33.0 Å². The van der Waals surface area contributed by atoms with E-state index in [0.717, 1.165) is 0 Å². The Morgan fingerprint density at radius 3 is 2.43 bits per heavy atom. The van der Waals surface area contributed by atoms with Crippen LogP contribution in [0, 0.1) is 5.82 Å². The molecular formula is C11H14FNO. The Hall–Kier alpha value is -1.22. The van der Waals surface area contributed by atoms with E-state index in [2.05, 4.69) is 5.32 Å². The fourth-order valence-corrected chi connectivity index (χ4v) is 1.10. The first-order valence-corrected chi connectivity index (χ1v) is 4.47. The van der Waals surface area contributed by atoms with Gasteiger partial charge in [0.1, 0.15) is 5.82 Å². The topological polar surface area (TPSA) is 29.1 Å². The van der Waals surface area contributed by atoms with Gasteiger partial charge in [0.25, 0.3) is 0 Å². The number of ketones is 1. The smallest absolute Gasteiger partial charge is 0.185 e. The van der Waals surface area contributed by atoms with Crippen LogP contribution in [0.4, 0.5) is 4.39 Å². The molecule has 0 amide bonds. The Kier molecular flexibility index (Phi) is 3.01. The monoisotopic (exact) mass is 195 g/mol. The summed E-state index contributed by atoms with van der Waals surface area (Å²) in [6.45, 7) is 3.45. The van der Waals surface area contributed by atoms with Crippen molar-refractivity contribution in [2.45, 2.75) is 19.4 Å². The molecule has 0 saturated heterocycles. The molecule has 1 aromatic rings. The van der Waals surface area contributed by atoms with E-state index in [1.165, 1.54) is 12.1 Å². The van der Waals surface area contributed by atoms with Gasteiger partial charge in [-0.1, -0.05) is 12.1 Å². The lowest BCUT2D eigenvalue weighted by Crippen LogP contribution is -2.44. The molecule has 0 aliphatic rings. The molecule has 0 spiro atoms. The first kappa shape index (κ1) is 10.9. The number of hydrogen-bond donors (Lipinski definition) is 1. The Morgan fingerprint density at radius 2 is 1.93 bits per heavy atom. The highest BCUT2D eigenvalue weighted by atomic mass is 19.1. The number of hydrogen-bond acceptors (Lipinski definition) is 2. The second-order valence-electron chi connectivity index (χ2n) is 3.68. The maximum absolute atomic E-state index is 13.3. The van der Waals surface area contributed by atoms with E-state index in [0.29, 0.717) is 0 Å². The van der Waals surface area contributed by atoms with Crippen molar-refractivity contribution in [1.82, 2.24) is 5.32 Å². The highest BCUT2D eigenvalue weighted by Gasteiger charge is 2.28. The van der Waals surface area contributed by atoms with Crippen LogP contribution in [0.1, 0.15) is 24.2 Å². The zero-order valence-electron chi connectivity index (χ0n) is 8.60. The van der Waals surface area contributed by atoms with E-state index in [9.17, 15) is 9.18 Å². The maximum Gasteiger partial charge on any atom is 0.185 e. The number of rotatable bonds is 3. The average Bonchev–Trinajstić information content (AvgIpc) is 2.17. The summed E-state index contributed by atoms with van der Waals surface area (Å²) in [5.74, 6) is -0.709. The number of carbonyl (C=O) groups is 1. The quantitative estimate of drug-likeness (QED) is 0.747. The second kappa shape index (κ2) is 3.88. The number of benzene rings is 1. The Morgan fingerprint density at radius 1 is 1.36 bits per heavy atom. The summed E-state index contributed by atoms with van der Waals surface area (Å²) in [4.78, 5) is 11.8. The van der Waals surface area contributed by atoms with E-state index in [-0.39, 0.29) is 11.3 Å². The molecule has 1 N–H and O–H groups in total. The van der Waals surface area contributed by atoms with Gasteiger partial charge in [-0.15, -0.1) is 0 Å². The Balaban J connectivity index is 3.07. The molecule has 0 aromatic heterocycles. The molecule has 0 bridgehead atoms. The molecule has 2 nitrogen and oxygen atoms in total. The minimum absolute atomic E-state index is 0.131. The molecule has 3 heteroatoms. The van der Waals surface area contributed by atoms with Crippen LogP contribution in [-0.4, -0.2) is 18.4 Å². The van der Waals surface area contributed by atoms with Gasteiger partial charge in [0, 0.05) is 0 Å². The van der Waals surface area contributed by atoms with Crippen molar-refractivity contribution < 1.29 is 9.18 Å². The lowest BCUT2D eigenvalue weighted by molar-refractivity contribution is 0.0885. The summed E-state index contributed by atoms with van der Waals surface area (Å²) in [7, 11) is 1.68. The summed E-state index contributed by atoms with van der Waals surface area (Å²) in [5, 5.41) is 2.85. The highest BCUT2D eigenvalue weighted by Crippen LogP contribution is 2.15. The maximum atomic E-state index is 13.3. The number of likely N-dealkylation sites (N-methyl/N-ethyl adjacent to an activating group) is 1. The van der Waals surface area contributed by atoms with E-state index < -0.39 is 11.4 Å². The van der Waals surface area contributed by atoms with Crippen LogP contribution in [0.5, 0.6) is 0 Å². The van der Waals surface area contributed by atoms with Crippen molar-refractivity contribution >= 4 is 5.78 Å². The van der Waals surface area contributed by atoms with Gasteiger partial charge in [-0.2, -0.15) is 0 Å². The van der Waals surface area contributed by atoms with Gasteiger partial charge >= 0.3 is 0 Å². The number of halogens is 1. The van der Waals surface area contributed by atoms with Gasteiger partial charge in [0.15, 0.2) is 5.78 Å². The molecule has 76 valence electrons. The van der Waals surface area contributed by atoms with Crippen LogP contribution >= 0.6 is 0 Å². The van der Waals surface area contributed by atoms with Gasteiger partial charge in [0.05, 0.1) is 11.1 Å². The number of carbonyl (C=O) groups excluding carboxylic acids is 1. The Bertz CT molecular complexity index is 347. The normalized spacial score (nSPS) is 11.4. The zero-order valence-corrected chi connectivity index (χ0v) is 8.60. The van der Waals surface area contributed by atoms with Gasteiger partial charge in [0.2, 0.25) is 0 Å². The number of nitrogens with one attached hydrogen (secondary N) is 1. The summed E-state index contributed by atoms with van der Waals surface area (Å²) in [5.41, 5.74) is -0.603. The first-order valence-electron chi connectivity index (χ1n) is 4.47. The summed E-state index contributed by atoms with van der Waals surface area (Å²) in [6.07, 6.45) is 0. The molecule has 0 unspecified atom stereocenters. The summed E-state index contributed by atoms with van der Waals surface area (Å²) >= 11 is 0. The molecule has 0 aliphatic heterocycles. The van der Waals surface area contributed by atoms with Crippen molar-refractivity contribution in [1.29, 1.82) is 0 Å². The molecule has 0 radical (unpaired) electrons. The predicted molar refractivity (Wildman–Crippen MR) is 53.9 cm³/mol. The average molecular weight is 195 g/mol. The predicted octanol–water partition coefficient (Wildman–Crippen LogP) is 2.01. The first-order chi connectivity index (χ1) is 6.49. The van der Waals surface area contributed by atoms with E-state index in [4.69, 9.17) is 0 Å². The summed E-state index contributed by atoms with van der Waals surface area (Å²) < 4.78 is 13.3. The lowest BCUT2D eigenvalue weighted by Gasteiger charge is -2.22. The molecule has 0 aliphatic carbocycles. The van der Waals surface area contributed by atoms with Crippen LogP contribution in [0.15, 0.2) is 24.3 Å². The van der Waals surface area contributed by atoms with Crippen LogP contribution in [-0.2, 0) is 0 Å². The van der Waals surface area contributed by atoms with Crippen molar-refractivity contribution in [2.24, 2.45) is 0 Å². The Labute approximate surface area is 83.1 Å². The highest BCUT2D eigenvalue weighted by molar-refractivity contribution is 6.02. The summed E-state index contributed by atoms with van der Waals surface area (Å²) in [6, 6.07) is 6.01. The van der Waals surface area contributed by atoms with Crippen molar-refractivity contribution in [3.05, 3.63) is 35.6 Å². The van der Waals surface area contributed by atoms with Gasteiger partial charge in [-0.25, -0.2) is 4.39 Å². The third-order valence-electron chi connectivity index (χ3n) is 2.31. The standard InChI is InChI=1S/C11H14FNO/c1-11(2,13-3)10(14)8-6-4-5-7-9(8)12/h4-7,13H,1-3H3. The largest absolute Gasteiger partial charge is 0.308 e. The van der Waals surface area contributed by atoms with Crippen LogP contribution < -0.4 is 5.32 Å². The molecular weight excluding hydrogens is 181 g/mol. The minimum Gasteiger partial charge on any atom is -0.308 e. The van der Waals surface area contributed by atoms with Crippen molar-refractivity contribution in [2.75, 3.05) is 7.05 Å². The van der Waals surface area contributed by atoms with Crippen LogP contribution in [0.3, 0.4) is 0 Å². The zero-order chi connectivity index (χ0) is 10.8. The van der Waals surface area contributed by atoms with Crippen LogP contribution in [0.25, 0.3) is 0 Å². The van der Waals surface area contributed by atoms with Crippen molar-refractivity contribution in [3.8, 4) is 0 Å². The third-order valence-corrected chi connectivity index (χ3v) is 2.31. The molecule has 0 saturated carbocycles. The molecule has 0 fully saturated rings. The van der Waals surface area contributed by atoms with E-state index in [1.807, 2.05) is 0 Å². The number of Topliss-reactive ketones (excluding diaryl/α,β-unsaturated/α-hetero) is 1. The second-order valence-corrected chi connectivity index (χ2v) is 3.68. The van der Waals surface area contributed by atoms with Crippen molar-refractivity contribution in [3.63, 3.8) is 0 Å². The molecule has 1 aromatic carbocycles. The van der Waals surface area contributed by atoms with Gasteiger partial charge in [-0.3, -0.25) is 4.79 Å². The van der Waals surface area contributed by atoms with Crippen LogP contribution in [0.2, 0.25) is 0 Å². The molecule has 14 heavy (non-hydrogen) atoms. The fourth-order valence-electron chi connectivity index (χ4n) is 1.10.